The Morgan fingerprint density at radius 3 is 2.42 bits per heavy atom. The van der Waals surface area contributed by atoms with Crippen LogP contribution in [0.15, 0.2) is 30.5 Å². The van der Waals surface area contributed by atoms with E-state index in [2.05, 4.69) is 4.98 Å². The number of halogens is 2. The van der Waals surface area contributed by atoms with E-state index in [0.717, 1.165) is 25.9 Å². The van der Waals surface area contributed by atoms with Crippen molar-refractivity contribution in [3.8, 4) is 5.75 Å². The highest BCUT2D eigenvalue weighted by molar-refractivity contribution is 6.34. The summed E-state index contributed by atoms with van der Waals surface area (Å²) in [6, 6.07) is 6.32. The number of benzene rings is 1. The van der Waals surface area contributed by atoms with Gasteiger partial charge < -0.3 is 14.6 Å². The van der Waals surface area contributed by atoms with Crippen LogP contribution in [0.3, 0.4) is 0 Å². The van der Waals surface area contributed by atoms with Gasteiger partial charge in [0.05, 0.1) is 0 Å². The number of nitrogens with one attached hydrogen (secondary N) is 1. The average molecular weight is 367 g/mol. The molecule has 0 unspecified atom stereocenters. The third kappa shape index (κ3) is 3.91. The van der Waals surface area contributed by atoms with E-state index in [-0.39, 0.29) is 18.3 Å². The van der Waals surface area contributed by atoms with Crippen molar-refractivity contribution in [2.45, 2.75) is 12.8 Å². The number of hydrogen-bond donors (Lipinski definition) is 1. The van der Waals surface area contributed by atoms with Gasteiger partial charge in [-0.15, -0.1) is 0 Å². The predicted octanol–water partition coefficient (Wildman–Crippen LogP) is 3.82. The summed E-state index contributed by atoms with van der Waals surface area (Å²) < 4.78 is 5.43. The third-order valence-corrected chi connectivity index (χ3v) is 4.27. The number of Topliss-reactive ketones (excluding diaryl/α,β-unsaturated/α-hetero) is 1. The number of carbonyl (C=O) groups excluding carboxylic acids is 2. The maximum absolute atomic E-state index is 12.3. The smallest absolute Gasteiger partial charge is 0.270 e. The van der Waals surface area contributed by atoms with E-state index in [1.165, 1.54) is 6.20 Å². The molecule has 1 amide bonds. The van der Waals surface area contributed by atoms with E-state index < -0.39 is 0 Å². The van der Waals surface area contributed by atoms with E-state index >= 15 is 0 Å². The molecule has 3 rings (SSSR count). The molecule has 0 atom stereocenters. The fraction of sp³-hybridized carbons (Fsp3) is 0.294. The minimum Gasteiger partial charge on any atom is -0.485 e. The summed E-state index contributed by atoms with van der Waals surface area (Å²) in [5.74, 6) is 0.113. The second-order valence-electron chi connectivity index (χ2n) is 5.62. The molecule has 1 saturated heterocycles. The molecule has 1 aromatic heterocycles. The molecule has 1 aliphatic rings. The van der Waals surface area contributed by atoms with Crippen LogP contribution < -0.4 is 4.74 Å². The van der Waals surface area contributed by atoms with Crippen molar-refractivity contribution >= 4 is 34.9 Å². The van der Waals surface area contributed by atoms with Crippen molar-refractivity contribution in [1.29, 1.82) is 0 Å². The van der Waals surface area contributed by atoms with Crippen LogP contribution in [0.25, 0.3) is 0 Å². The summed E-state index contributed by atoms with van der Waals surface area (Å²) in [5.41, 5.74) is 0.830. The molecule has 2 heterocycles. The zero-order chi connectivity index (χ0) is 17.1. The van der Waals surface area contributed by atoms with Crippen LogP contribution in [0.2, 0.25) is 10.0 Å². The van der Waals surface area contributed by atoms with Crippen LogP contribution in [0.1, 0.15) is 33.7 Å². The Kier molecular flexibility index (Phi) is 5.11. The molecular weight excluding hydrogens is 351 g/mol. The fourth-order valence-electron chi connectivity index (χ4n) is 2.61. The zero-order valence-corrected chi connectivity index (χ0v) is 14.4. The Morgan fingerprint density at radius 2 is 1.75 bits per heavy atom. The lowest BCUT2D eigenvalue weighted by Gasteiger charge is -2.13. The second kappa shape index (κ2) is 7.28. The molecule has 0 spiro atoms. The van der Waals surface area contributed by atoms with E-state index in [1.807, 2.05) is 0 Å². The SMILES string of the molecule is O=C(COc1cc(Cl)cc(Cl)c1)c1c[nH]c(C(=O)N2CCCC2)c1. The molecular formula is C17H16Cl2N2O3. The van der Waals surface area contributed by atoms with Gasteiger partial charge in [0.2, 0.25) is 5.78 Å². The predicted molar refractivity (Wildman–Crippen MR) is 92.2 cm³/mol. The summed E-state index contributed by atoms with van der Waals surface area (Å²) >= 11 is 11.8. The Morgan fingerprint density at radius 1 is 1.08 bits per heavy atom. The number of H-pyrrole nitrogens is 1. The molecule has 0 aliphatic carbocycles. The van der Waals surface area contributed by atoms with Gasteiger partial charge in [-0.05, 0) is 37.1 Å². The van der Waals surface area contributed by atoms with Crippen molar-refractivity contribution in [3.63, 3.8) is 0 Å². The van der Waals surface area contributed by atoms with Gasteiger partial charge in [-0.2, -0.15) is 0 Å². The van der Waals surface area contributed by atoms with E-state index in [1.54, 1.807) is 29.2 Å². The molecule has 126 valence electrons. The van der Waals surface area contributed by atoms with E-state index in [0.29, 0.717) is 27.1 Å². The van der Waals surface area contributed by atoms with Gasteiger partial charge in [-0.3, -0.25) is 9.59 Å². The Hall–Kier alpha value is -1.98. The number of hydrogen-bond acceptors (Lipinski definition) is 3. The fourth-order valence-corrected chi connectivity index (χ4v) is 3.12. The van der Waals surface area contributed by atoms with Gasteiger partial charge in [-0.25, -0.2) is 0 Å². The van der Waals surface area contributed by atoms with Crippen LogP contribution in [0, 0.1) is 0 Å². The third-order valence-electron chi connectivity index (χ3n) is 3.83. The molecule has 2 aromatic rings. The standard InChI is InChI=1S/C17H16Cl2N2O3/c18-12-6-13(19)8-14(7-12)24-10-16(22)11-5-15(20-9-11)17(23)21-3-1-2-4-21/h5-9,20H,1-4,10H2. The van der Waals surface area contributed by atoms with Gasteiger partial charge >= 0.3 is 0 Å². The summed E-state index contributed by atoms with van der Waals surface area (Å²) in [6.07, 6.45) is 3.57. The normalized spacial score (nSPS) is 14.0. The van der Waals surface area contributed by atoms with Crippen LogP contribution in [-0.2, 0) is 0 Å². The minimum atomic E-state index is -0.234. The number of aromatic amines is 1. The number of carbonyl (C=O) groups is 2. The van der Waals surface area contributed by atoms with Crippen LogP contribution >= 0.6 is 23.2 Å². The molecule has 5 nitrogen and oxygen atoms in total. The molecule has 1 aromatic carbocycles. The number of amides is 1. The van der Waals surface area contributed by atoms with Crippen molar-refractivity contribution in [1.82, 2.24) is 9.88 Å². The average Bonchev–Trinajstić information content (AvgIpc) is 3.22. The van der Waals surface area contributed by atoms with Crippen LogP contribution in [-0.4, -0.2) is 41.3 Å². The molecule has 1 aliphatic heterocycles. The van der Waals surface area contributed by atoms with Gasteiger partial charge in [0, 0.05) is 34.9 Å². The Labute approximate surface area is 149 Å². The van der Waals surface area contributed by atoms with Gasteiger partial charge in [0.1, 0.15) is 11.4 Å². The summed E-state index contributed by atoms with van der Waals surface area (Å²) in [4.78, 5) is 29.1. The monoisotopic (exact) mass is 366 g/mol. The highest BCUT2D eigenvalue weighted by Gasteiger charge is 2.21. The van der Waals surface area contributed by atoms with E-state index in [4.69, 9.17) is 27.9 Å². The highest BCUT2D eigenvalue weighted by atomic mass is 35.5. The lowest BCUT2D eigenvalue weighted by atomic mass is 10.2. The maximum Gasteiger partial charge on any atom is 0.270 e. The van der Waals surface area contributed by atoms with E-state index in [9.17, 15) is 9.59 Å². The number of ether oxygens (including phenoxy) is 1. The number of aromatic nitrogens is 1. The number of nitrogens with zero attached hydrogens (tertiary/aromatic N) is 1. The van der Waals surface area contributed by atoms with Gasteiger partial charge in [0.15, 0.2) is 6.61 Å². The lowest BCUT2D eigenvalue weighted by molar-refractivity contribution is 0.0787. The van der Waals surface area contributed by atoms with Gasteiger partial charge in [0.25, 0.3) is 5.91 Å². The van der Waals surface area contributed by atoms with Gasteiger partial charge in [-0.1, -0.05) is 23.2 Å². The number of ketones is 1. The Bertz CT molecular complexity index is 747. The molecule has 24 heavy (non-hydrogen) atoms. The number of likely N-dealkylation sites (tertiary alicyclic amines) is 1. The first-order chi connectivity index (χ1) is 11.5. The largest absolute Gasteiger partial charge is 0.485 e. The van der Waals surface area contributed by atoms with Crippen molar-refractivity contribution in [3.05, 3.63) is 51.8 Å². The first-order valence-corrected chi connectivity index (χ1v) is 8.38. The zero-order valence-electron chi connectivity index (χ0n) is 12.9. The molecule has 1 fully saturated rings. The molecule has 0 bridgehead atoms. The Balaban J connectivity index is 1.62. The summed E-state index contributed by atoms with van der Waals surface area (Å²) in [6.45, 7) is 1.37. The highest BCUT2D eigenvalue weighted by Crippen LogP contribution is 2.24. The topological polar surface area (TPSA) is 62.4 Å². The van der Waals surface area contributed by atoms with Crippen molar-refractivity contribution in [2.75, 3.05) is 19.7 Å². The molecule has 1 N–H and O–H groups in total. The van der Waals surface area contributed by atoms with Crippen LogP contribution in [0.5, 0.6) is 5.75 Å². The second-order valence-corrected chi connectivity index (χ2v) is 6.49. The van der Waals surface area contributed by atoms with Crippen LogP contribution in [0.4, 0.5) is 0 Å². The van der Waals surface area contributed by atoms with Crippen molar-refractivity contribution in [2.24, 2.45) is 0 Å². The first-order valence-electron chi connectivity index (χ1n) is 7.63. The molecule has 0 radical (unpaired) electrons. The molecule has 0 saturated carbocycles. The molecule has 7 heteroatoms. The first kappa shape index (κ1) is 16.9. The maximum atomic E-state index is 12.3. The summed E-state index contributed by atoms with van der Waals surface area (Å²) in [5, 5.41) is 0.871. The minimum absolute atomic E-state index is 0.0749. The lowest BCUT2D eigenvalue weighted by Crippen LogP contribution is -2.27. The summed E-state index contributed by atoms with van der Waals surface area (Å²) in [7, 11) is 0. The van der Waals surface area contributed by atoms with Crippen molar-refractivity contribution < 1.29 is 14.3 Å². The number of rotatable bonds is 5. The quantitative estimate of drug-likeness (QED) is 0.818.